The van der Waals surface area contributed by atoms with Gasteiger partial charge in [0.05, 0.1) is 0 Å². The highest BCUT2D eigenvalue weighted by atomic mass is 16.4. The largest absolute Gasteiger partial charge is 0.481 e. The van der Waals surface area contributed by atoms with Crippen LogP contribution in [0.1, 0.15) is 19.8 Å². The summed E-state index contributed by atoms with van der Waals surface area (Å²) in [5.74, 6) is -0.926. The highest BCUT2D eigenvalue weighted by Gasteiger charge is 2.03. The van der Waals surface area contributed by atoms with E-state index in [2.05, 4.69) is 0 Å². The third kappa shape index (κ3) is 3.38. The Balaban J connectivity index is 4.30. The number of nitriles is 2. The minimum atomic E-state index is -0.926. The normalized spacial score (nSPS) is 7.92. The van der Waals surface area contributed by atoms with E-state index in [-0.39, 0.29) is 18.4 Å². The topological polar surface area (TPSA) is 84.9 Å². The van der Waals surface area contributed by atoms with Crippen LogP contribution in [0.2, 0.25) is 0 Å². The van der Waals surface area contributed by atoms with Crippen molar-refractivity contribution in [2.75, 3.05) is 0 Å². The molecule has 0 saturated carbocycles. The molecule has 0 heterocycles. The van der Waals surface area contributed by atoms with Gasteiger partial charge in [0.2, 0.25) is 0 Å². The van der Waals surface area contributed by atoms with Crippen LogP contribution in [0.5, 0.6) is 0 Å². The highest BCUT2D eigenvalue weighted by molar-refractivity contribution is 5.67. The van der Waals surface area contributed by atoms with Crippen molar-refractivity contribution < 1.29 is 9.90 Å². The fourth-order valence-corrected chi connectivity index (χ4v) is 0.635. The van der Waals surface area contributed by atoms with Crippen LogP contribution in [0, 0.1) is 22.7 Å². The first-order chi connectivity index (χ1) is 5.61. The highest BCUT2D eigenvalue weighted by Crippen LogP contribution is 2.08. The molecule has 0 radical (unpaired) electrons. The van der Waals surface area contributed by atoms with E-state index >= 15 is 0 Å². The van der Waals surface area contributed by atoms with Gasteiger partial charge in [0.1, 0.15) is 17.7 Å². The molecule has 0 amide bonds. The van der Waals surface area contributed by atoms with Crippen LogP contribution in [-0.2, 0) is 4.79 Å². The van der Waals surface area contributed by atoms with Crippen molar-refractivity contribution in [1.29, 1.82) is 10.5 Å². The number of rotatable bonds is 3. The molecule has 4 nitrogen and oxygen atoms in total. The molecule has 1 N–H and O–H groups in total. The molecule has 12 heavy (non-hydrogen) atoms. The van der Waals surface area contributed by atoms with Crippen molar-refractivity contribution in [3.63, 3.8) is 0 Å². The monoisotopic (exact) mass is 164 g/mol. The second-order valence-electron chi connectivity index (χ2n) is 2.27. The zero-order chi connectivity index (χ0) is 9.56. The van der Waals surface area contributed by atoms with Gasteiger partial charge in [0.25, 0.3) is 0 Å². The maximum Gasteiger partial charge on any atom is 0.303 e. The Bertz CT molecular complexity index is 275. The Hall–Kier alpha value is -1.81. The molecule has 0 aromatic heterocycles. The van der Waals surface area contributed by atoms with Crippen molar-refractivity contribution in [3.8, 4) is 12.1 Å². The van der Waals surface area contributed by atoms with Gasteiger partial charge < -0.3 is 5.11 Å². The van der Waals surface area contributed by atoms with Gasteiger partial charge in [-0.15, -0.1) is 0 Å². The molecule has 0 rings (SSSR count). The van der Waals surface area contributed by atoms with Crippen molar-refractivity contribution >= 4 is 5.97 Å². The van der Waals surface area contributed by atoms with E-state index in [1.54, 1.807) is 19.1 Å². The number of carboxylic acid groups (broad SMARTS) is 1. The van der Waals surface area contributed by atoms with Gasteiger partial charge in [-0.25, -0.2) is 0 Å². The molecule has 4 heteroatoms. The fraction of sp³-hybridized carbons (Fsp3) is 0.375. The predicted molar refractivity (Wildman–Crippen MR) is 40.8 cm³/mol. The smallest absolute Gasteiger partial charge is 0.303 e. The van der Waals surface area contributed by atoms with Gasteiger partial charge in [-0.05, 0) is 18.9 Å². The van der Waals surface area contributed by atoms with Gasteiger partial charge in [-0.3, -0.25) is 4.79 Å². The summed E-state index contributed by atoms with van der Waals surface area (Å²) in [6.45, 7) is 1.59. The quantitative estimate of drug-likeness (QED) is 0.635. The number of aliphatic carboxylic acids is 1. The van der Waals surface area contributed by atoms with Gasteiger partial charge in [-0.1, -0.05) is 0 Å². The van der Waals surface area contributed by atoms with Gasteiger partial charge in [0, 0.05) is 6.42 Å². The van der Waals surface area contributed by atoms with E-state index in [0.717, 1.165) is 0 Å². The predicted octanol–water partition coefficient (Wildman–Crippen LogP) is 1.21. The first-order valence-corrected chi connectivity index (χ1v) is 3.33. The summed E-state index contributed by atoms with van der Waals surface area (Å²) in [4.78, 5) is 10.1. The average Bonchev–Trinajstić information content (AvgIpc) is 2.03. The van der Waals surface area contributed by atoms with Crippen LogP contribution in [0.4, 0.5) is 0 Å². The van der Waals surface area contributed by atoms with Crippen LogP contribution in [0.3, 0.4) is 0 Å². The third-order valence-corrected chi connectivity index (χ3v) is 1.36. The first kappa shape index (κ1) is 10.2. The molecule has 0 aliphatic carbocycles. The van der Waals surface area contributed by atoms with E-state index in [1.807, 2.05) is 0 Å². The molecule has 62 valence electrons. The van der Waals surface area contributed by atoms with Crippen molar-refractivity contribution in [3.05, 3.63) is 11.1 Å². The summed E-state index contributed by atoms with van der Waals surface area (Å²) in [6.07, 6.45) is 0.213. The summed E-state index contributed by atoms with van der Waals surface area (Å²) in [6, 6.07) is 3.40. The Morgan fingerprint density at radius 3 is 2.17 bits per heavy atom. The maximum atomic E-state index is 10.1. The second-order valence-corrected chi connectivity index (χ2v) is 2.27. The first-order valence-electron chi connectivity index (χ1n) is 3.33. The summed E-state index contributed by atoms with van der Waals surface area (Å²) >= 11 is 0. The lowest BCUT2D eigenvalue weighted by atomic mass is 10.1. The van der Waals surface area contributed by atoms with Gasteiger partial charge in [0.15, 0.2) is 0 Å². The number of hydrogen-bond acceptors (Lipinski definition) is 3. The third-order valence-electron chi connectivity index (χ3n) is 1.36. The van der Waals surface area contributed by atoms with Crippen LogP contribution in [-0.4, -0.2) is 11.1 Å². The molecule has 0 aliphatic rings. The van der Waals surface area contributed by atoms with E-state index in [9.17, 15) is 4.79 Å². The van der Waals surface area contributed by atoms with Crippen molar-refractivity contribution in [1.82, 2.24) is 0 Å². The van der Waals surface area contributed by atoms with Crippen molar-refractivity contribution in [2.45, 2.75) is 19.8 Å². The van der Waals surface area contributed by atoms with Gasteiger partial charge in [-0.2, -0.15) is 10.5 Å². The second kappa shape index (κ2) is 4.92. The Morgan fingerprint density at radius 2 is 1.83 bits per heavy atom. The molecule has 0 aliphatic heterocycles. The molecular formula is C8H8N2O2. The number of carboxylic acids is 1. The van der Waals surface area contributed by atoms with Gasteiger partial charge >= 0.3 is 5.97 Å². The standard InChI is InChI=1S/C8H8N2O2/c1-6(2-3-8(11)12)7(4-9)5-10/h2-3H2,1H3,(H,11,12). The molecule has 0 unspecified atom stereocenters. The minimum absolute atomic E-state index is 0.0104. The SMILES string of the molecule is CC(CCC(=O)O)=C(C#N)C#N. The molecule has 0 aromatic rings. The molecule has 0 bridgehead atoms. The van der Waals surface area contributed by atoms with E-state index < -0.39 is 5.97 Å². The number of allylic oxidation sites excluding steroid dienone is 2. The molecule has 0 saturated heterocycles. The van der Waals surface area contributed by atoms with E-state index in [0.29, 0.717) is 5.57 Å². The summed E-state index contributed by atoms with van der Waals surface area (Å²) in [5.41, 5.74) is 0.540. The Morgan fingerprint density at radius 1 is 1.33 bits per heavy atom. The summed E-state index contributed by atoms with van der Waals surface area (Å²) in [5, 5.41) is 25.1. The van der Waals surface area contributed by atoms with E-state index in [1.165, 1.54) is 0 Å². The lowest BCUT2D eigenvalue weighted by Gasteiger charge is -1.95. The maximum absolute atomic E-state index is 10.1. The number of carbonyl (C=O) groups is 1. The lowest BCUT2D eigenvalue weighted by molar-refractivity contribution is -0.136. The molecular weight excluding hydrogens is 156 g/mol. The molecule has 0 fully saturated rings. The zero-order valence-electron chi connectivity index (χ0n) is 6.66. The molecule has 0 atom stereocenters. The van der Waals surface area contributed by atoms with Crippen LogP contribution in [0.25, 0.3) is 0 Å². The molecule has 0 spiro atoms. The number of nitrogens with zero attached hydrogens (tertiary/aromatic N) is 2. The van der Waals surface area contributed by atoms with Crippen LogP contribution < -0.4 is 0 Å². The lowest BCUT2D eigenvalue weighted by Crippen LogP contribution is -1.95. The summed E-state index contributed by atoms with van der Waals surface area (Å²) in [7, 11) is 0. The Kier molecular flexibility index (Phi) is 4.18. The Labute approximate surface area is 70.3 Å². The van der Waals surface area contributed by atoms with Crippen LogP contribution >= 0.6 is 0 Å². The summed E-state index contributed by atoms with van der Waals surface area (Å²) < 4.78 is 0. The zero-order valence-corrected chi connectivity index (χ0v) is 6.66. The van der Waals surface area contributed by atoms with Crippen LogP contribution in [0.15, 0.2) is 11.1 Å². The fourth-order valence-electron chi connectivity index (χ4n) is 0.635. The minimum Gasteiger partial charge on any atom is -0.481 e. The van der Waals surface area contributed by atoms with E-state index in [4.69, 9.17) is 15.6 Å². The average molecular weight is 164 g/mol. The van der Waals surface area contributed by atoms with Crippen molar-refractivity contribution in [2.24, 2.45) is 0 Å². The number of hydrogen-bond donors (Lipinski definition) is 1. The molecule has 0 aromatic carbocycles.